The van der Waals surface area contributed by atoms with Crippen LogP contribution in [0, 0.1) is 0 Å². The minimum Gasteiger partial charge on any atom is -0.384 e. The van der Waals surface area contributed by atoms with Gasteiger partial charge in [0.1, 0.15) is 30.0 Å². The fourth-order valence-corrected chi connectivity index (χ4v) is 4.97. The maximum atomic E-state index is 13.2. The van der Waals surface area contributed by atoms with Gasteiger partial charge in [-0.3, -0.25) is 4.79 Å². The molecule has 0 unspecified atom stereocenters. The van der Waals surface area contributed by atoms with Crippen LogP contribution in [0.1, 0.15) is 48.5 Å². The van der Waals surface area contributed by atoms with Gasteiger partial charge < -0.3 is 25.3 Å². The summed E-state index contributed by atoms with van der Waals surface area (Å²) in [6.07, 6.45) is 5.72. The first-order valence-corrected chi connectivity index (χ1v) is 11.5. The predicted octanol–water partition coefficient (Wildman–Crippen LogP) is 1.32. The van der Waals surface area contributed by atoms with Crippen molar-refractivity contribution in [2.24, 2.45) is 0 Å². The zero-order chi connectivity index (χ0) is 21.2. The summed E-state index contributed by atoms with van der Waals surface area (Å²) < 4.78 is 7.49. The van der Waals surface area contributed by atoms with Crippen LogP contribution in [0.4, 0.5) is 5.82 Å². The van der Waals surface area contributed by atoms with Crippen LogP contribution in [0.15, 0.2) is 24.3 Å². The van der Waals surface area contributed by atoms with E-state index in [-0.39, 0.29) is 11.9 Å². The highest BCUT2D eigenvalue weighted by molar-refractivity contribution is 6.10. The van der Waals surface area contributed by atoms with Crippen molar-refractivity contribution >= 4 is 33.9 Å². The Hall–Kier alpha value is -2.71. The Kier molecular flexibility index (Phi) is 5.74. The van der Waals surface area contributed by atoms with Gasteiger partial charge in [-0.25, -0.2) is 9.97 Å². The monoisotopic (exact) mass is 423 g/mol. The molecule has 164 valence electrons. The van der Waals surface area contributed by atoms with Gasteiger partial charge in [0.2, 0.25) is 0 Å². The van der Waals surface area contributed by atoms with Crippen LogP contribution in [0.25, 0.3) is 22.2 Å². The Morgan fingerprint density at radius 3 is 2.58 bits per heavy atom. The second-order valence-electron chi connectivity index (χ2n) is 8.67. The first-order chi connectivity index (χ1) is 15.2. The molecule has 1 saturated heterocycles. The molecule has 31 heavy (non-hydrogen) atoms. The largest absolute Gasteiger partial charge is 0.384 e. The number of carbonyl (C=O) groups is 1. The molecule has 1 aliphatic carbocycles. The fraction of sp³-hybridized carbons (Fsp3) is 0.522. The highest BCUT2D eigenvalue weighted by Gasteiger charge is 2.28. The van der Waals surface area contributed by atoms with Crippen molar-refractivity contribution in [3.05, 3.63) is 29.8 Å². The molecule has 1 amide bonds. The third-order valence-corrected chi connectivity index (χ3v) is 6.66. The van der Waals surface area contributed by atoms with Crippen molar-refractivity contribution in [1.29, 1.82) is 0 Å². The van der Waals surface area contributed by atoms with Gasteiger partial charge in [0.05, 0.1) is 37.3 Å². The van der Waals surface area contributed by atoms with Gasteiger partial charge in [-0.2, -0.15) is 0 Å². The molecule has 8 heteroatoms. The van der Waals surface area contributed by atoms with Gasteiger partial charge in [0.15, 0.2) is 5.65 Å². The van der Waals surface area contributed by atoms with E-state index in [1.807, 2.05) is 24.3 Å². The average Bonchev–Trinajstić information content (AvgIpc) is 3.09. The molecule has 1 saturated carbocycles. The molecular weight excluding hydrogens is 392 g/mol. The number of hydrogen-bond donors (Lipinski definition) is 3. The van der Waals surface area contributed by atoms with E-state index in [9.17, 15) is 4.79 Å². The molecular formula is C23H31N6O2+. The van der Waals surface area contributed by atoms with E-state index in [0.717, 1.165) is 62.4 Å². The molecule has 3 heterocycles. The predicted molar refractivity (Wildman–Crippen MR) is 120 cm³/mol. The lowest BCUT2D eigenvalue weighted by Gasteiger charge is -2.25. The lowest BCUT2D eigenvalue weighted by molar-refractivity contribution is -0.906. The quantitative estimate of drug-likeness (QED) is 0.575. The zero-order valence-corrected chi connectivity index (χ0v) is 17.9. The fourth-order valence-electron chi connectivity index (χ4n) is 4.97. The number of amides is 1. The minimum absolute atomic E-state index is 0.158. The second kappa shape index (κ2) is 8.80. The molecule has 4 N–H and O–H groups in total. The Morgan fingerprint density at radius 2 is 1.84 bits per heavy atom. The molecule has 0 radical (unpaired) electrons. The summed E-state index contributed by atoms with van der Waals surface area (Å²) in [4.78, 5) is 24.4. The number of rotatable bonds is 5. The van der Waals surface area contributed by atoms with Crippen molar-refractivity contribution in [3.8, 4) is 0 Å². The van der Waals surface area contributed by atoms with Crippen molar-refractivity contribution in [3.63, 3.8) is 0 Å². The SMILES string of the molecule is Nc1c(C(=O)NCC[NH+]2CCOCC2)c2nc3ccccc3nc2n1C1CCCCC1. The van der Waals surface area contributed by atoms with Crippen LogP contribution >= 0.6 is 0 Å². The number of anilines is 1. The molecule has 0 atom stereocenters. The van der Waals surface area contributed by atoms with E-state index in [2.05, 4.69) is 9.88 Å². The van der Waals surface area contributed by atoms with Crippen molar-refractivity contribution in [2.75, 3.05) is 45.1 Å². The number of hydrogen-bond acceptors (Lipinski definition) is 5. The summed E-state index contributed by atoms with van der Waals surface area (Å²) in [6, 6.07) is 8.06. The summed E-state index contributed by atoms with van der Waals surface area (Å²) in [5, 5.41) is 3.08. The van der Waals surface area contributed by atoms with Crippen LogP contribution in [0.3, 0.4) is 0 Å². The van der Waals surface area contributed by atoms with E-state index in [4.69, 9.17) is 20.4 Å². The maximum absolute atomic E-state index is 13.2. The molecule has 3 aromatic rings. The Balaban J connectivity index is 1.49. The molecule has 2 aromatic heterocycles. The molecule has 0 bridgehead atoms. The third kappa shape index (κ3) is 3.97. The number of nitrogens with one attached hydrogen (secondary N) is 2. The van der Waals surface area contributed by atoms with Gasteiger partial charge in [-0.1, -0.05) is 31.4 Å². The molecule has 1 aromatic carbocycles. The van der Waals surface area contributed by atoms with Crippen LogP contribution in [0.5, 0.6) is 0 Å². The number of morpholine rings is 1. The van der Waals surface area contributed by atoms with E-state index >= 15 is 0 Å². The number of aromatic nitrogens is 3. The molecule has 0 spiro atoms. The van der Waals surface area contributed by atoms with Gasteiger partial charge in [-0.05, 0) is 25.0 Å². The van der Waals surface area contributed by atoms with Gasteiger partial charge in [0.25, 0.3) is 5.91 Å². The number of para-hydroxylation sites is 2. The summed E-state index contributed by atoms with van der Waals surface area (Å²) in [5.41, 5.74) is 10.0. The van der Waals surface area contributed by atoms with E-state index < -0.39 is 0 Å². The molecule has 2 aliphatic rings. The van der Waals surface area contributed by atoms with Gasteiger partial charge >= 0.3 is 0 Å². The topological polar surface area (TPSA) is 99.5 Å². The van der Waals surface area contributed by atoms with E-state index in [0.29, 0.717) is 23.4 Å². The smallest absolute Gasteiger partial charge is 0.257 e. The summed E-state index contributed by atoms with van der Waals surface area (Å²) >= 11 is 0. The maximum Gasteiger partial charge on any atom is 0.257 e. The number of quaternary nitrogens is 1. The summed E-state index contributed by atoms with van der Waals surface area (Å²) in [5.74, 6) is 0.336. The molecule has 5 rings (SSSR count). The van der Waals surface area contributed by atoms with Crippen molar-refractivity contribution in [1.82, 2.24) is 19.9 Å². The number of carbonyl (C=O) groups excluding carboxylic acids is 1. The average molecular weight is 424 g/mol. The first kappa shape index (κ1) is 20.2. The number of ether oxygens (including phenoxy) is 1. The standard InChI is InChI=1S/C23H30N6O2/c24-21-19(23(30)25-10-11-28-12-14-31-15-13-28)20-22(29(21)16-6-2-1-3-7-16)27-18-9-5-4-8-17(18)26-20/h4-5,8-9,16H,1-3,6-7,10-15,24H2,(H,25,30)/p+1. The molecule has 1 aliphatic heterocycles. The number of nitrogen functional groups attached to an aromatic ring is 1. The normalized spacial score (nSPS) is 18.6. The summed E-state index contributed by atoms with van der Waals surface area (Å²) in [6.45, 7) is 5.02. The van der Waals surface area contributed by atoms with E-state index in [1.165, 1.54) is 24.2 Å². The minimum atomic E-state index is -0.158. The van der Waals surface area contributed by atoms with Crippen molar-refractivity contribution in [2.45, 2.75) is 38.1 Å². The third-order valence-electron chi connectivity index (χ3n) is 6.66. The second-order valence-corrected chi connectivity index (χ2v) is 8.67. The zero-order valence-electron chi connectivity index (χ0n) is 17.9. The number of benzene rings is 1. The number of fused-ring (bicyclic) bond motifs is 2. The first-order valence-electron chi connectivity index (χ1n) is 11.5. The van der Waals surface area contributed by atoms with Crippen LogP contribution in [-0.2, 0) is 4.74 Å². The highest BCUT2D eigenvalue weighted by Crippen LogP contribution is 2.36. The summed E-state index contributed by atoms with van der Waals surface area (Å²) in [7, 11) is 0. The number of nitrogens with two attached hydrogens (primary N) is 1. The Morgan fingerprint density at radius 1 is 1.13 bits per heavy atom. The lowest BCUT2D eigenvalue weighted by Crippen LogP contribution is -3.14. The molecule has 8 nitrogen and oxygen atoms in total. The van der Waals surface area contributed by atoms with Gasteiger partial charge in [-0.15, -0.1) is 0 Å². The molecule has 2 fully saturated rings. The number of nitrogens with zero attached hydrogens (tertiary/aromatic N) is 3. The Bertz CT molecular complexity index is 1080. The van der Waals surface area contributed by atoms with Crippen LogP contribution in [0.2, 0.25) is 0 Å². The highest BCUT2D eigenvalue weighted by atomic mass is 16.5. The lowest BCUT2D eigenvalue weighted by atomic mass is 9.95. The van der Waals surface area contributed by atoms with Gasteiger partial charge in [0, 0.05) is 6.04 Å². The van der Waals surface area contributed by atoms with Crippen LogP contribution < -0.4 is 16.0 Å². The Labute approximate surface area is 181 Å². The van der Waals surface area contributed by atoms with E-state index in [1.54, 1.807) is 0 Å². The van der Waals surface area contributed by atoms with Crippen molar-refractivity contribution < 1.29 is 14.4 Å². The van der Waals surface area contributed by atoms with Crippen LogP contribution in [-0.4, -0.2) is 59.8 Å².